The van der Waals surface area contributed by atoms with E-state index in [0.717, 1.165) is 35.7 Å². The summed E-state index contributed by atoms with van der Waals surface area (Å²) < 4.78 is 5.44. The summed E-state index contributed by atoms with van der Waals surface area (Å²) in [5.74, 6) is 1.48. The van der Waals surface area contributed by atoms with Crippen LogP contribution < -0.4 is 10.6 Å². The molecule has 1 atom stereocenters. The molecule has 1 saturated heterocycles. The number of hydrogen-bond acceptors (Lipinski definition) is 5. The molecule has 2 N–H and O–H groups in total. The van der Waals surface area contributed by atoms with E-state index < -0.39 is 0 Å². The lowest BCUT2D eigenvalue weighted by Crippen LogP contribution is -2.26. The van der Waals surface area contributed by atoms with Crippen molar-refractivity contribution in [2.45, 2.75) is 31.9 Å². The second kappa shape index (κ2) is 9.30. The van der Waals surface area contributed by atoms with E-state index in [9.17, 15) is 4.79 Å². The van der Waals surface area contributed by atoms with Crippen LogP contribution in [0.2, 0.25) is 0 Å². The highest BCUT2D eigenvalue weighted by Crippen LogP contribution is 2.17. The lowest BCUT2D eigenvalue weighted by molar-refractivity contribution is -0.124. The van der Waals surface area contributed by atoms with Gasteiger partial charge in [-0.15, -0.1) is 0 Å². The molecule has 4 rings (SSSR count). The Morgan fingerprint density at radius 2 is 1.93 bits per heavy atom. The van der Waals surface area contributed by atoms with Crippen LogP contribution in [0.3, 0.4) is 0 Å². The van der Waals surface area contributed by atoms with E-state index in [4.69, 9.17) is 4.74 Å². The predicted molar refractivity (Wildman–Crippen MR) is 113 cm³/mol. The molecule has 1 aliphatic heterocycles. The lowest BCUT2D eigenvalue weighted by atomic mass is 10.1. The van der Waals surface area contributed by atoms with Gasteiger partial charge in [0.1, 0.15) is 17.7 Å². The first-order chi connectivity index (χ1) is 14.3. The highest BCUT2D eigenvalue weighted by atomic mass is 16.5. The summed E-state index contributed by atoms with van der Waals surface area (Å²) in [6, 6.07) is 19.8. The molecular weight excluding hydrogens is 364 g/mol. The third kappa shape index (κ3) is 5.39. The van der Waals surface area contributed by atoms with Crippen LogP contribution in [-0.4, -0.2) is 28.6 Å². The van der Waals surface area contributed by atoms with Gasteiger partial charge >= 0.3 is 0 Å². The molecule has 3 aromatic rings. The summed E-state index contributed by atoms with van der Waals surface area (Å²) in [6.07, 6.45) is 3.85. The van der Waals surface area contributed by atoms with E-state index in [2.05, 4.69) is 32.7 Å². The molecule has 0 bridgehead atoms. The van der Waals surface area contributed by atoms with Crippen molar-refractivity contribution in [2.24, 2.45) is 0 Å². The van der Waals surface area contributed by atoms with Gasteiger partial charge in [-0.2, -0.15) is 0 Å². The highest BCUT2D eigenvalue weighted by molar-refractivity contribution is 5.94. The van der Waals surface area contributed by atoms with Gasteiger partial charge in [0.15, 0.2) is 0 Å². The van der Waals surface area contributed by atoms with E-state index >= 15 is 0 Å². The van der Waals surface area contributed by atoms with Crippen LogP contribution in [0.25, 0.3) is 0 Å². The molecule has 0 spiro atoms. The number of rotatable bonds is 7. The van der Waals surface area contributed by atoms with Crippen molar-refractivity contribution in [1.82, 2.24) is 9.97 Å². The van der Waals surface area contributed by atoms with Crippen LogP contribution in [0.5, 0.6) is 0 Å². The largest absolute Gasteiger partial charge is 0.368 e. The van der Waals surface area contributed by atoms with Gasteiger partial charge < -0.3 is 15.4 Å². The van der Waals surface area contributed by atoms with Gasteiger partial charge in [0.05, 0.1) is 0 Å². The second-order valence-electron chi connectivity index (χ2n) is 7.07. The van der Waals surface area contributed by atoms with Crippen LogP contribution in [0.1, 0.15) is 29.8 Å². The first-order valence-electron chi connectivity index (χ1n) is 9.87. The zero-order valence-electron chi connectivity index (χ0n) is 16.2. The van der Waals surface area contributed by atoms with Gasteiger partial charge in [0, 0.05) is 31.5 Å². The van der Waals surface area contributed by atoms with E-state index in [1.54, 1.807) is 6.20 Å². The number of ether oxygens (including phenoxy) is 1. The molecule has 148 valence electrons. The fourth-order valence-electron chi connectivity index (χ4n) is 3.32. The molecule has 1 fully saturated rings. The Labute approximate surface area is 170 Å². The Morgan fingerprint density at radius 1 is 1.07 bits per heavy atom. The minimum atomic E-state index is -0.333. The number of nitrogens with zero attached hydrogens (tertiary/aromatic N) is 2. The molecule has 1 aromatic heterocycles. The number of carbonyl (C=O) groups excluding carboxylic acids is 1. The molecule has 6 nitrogen and oxygen atoms in total. The van der Waals surface area contributed by atoms with Gasteiger partial charge in [-0.3, -0.25) is 4.79 Å². The smallest absolute Gasteiger partial charge is 0.253 e. The van der Waals surface area contributed by atoms with Crippen molar-refractivity contribution in [3.8, 4) is 0 Å². The maximum absolute atomic E-state index is 12.2. The van der Waals surface area contributed by atoms with Crippen molar-refractivity contribution in [1.29, 1.82) is 0 Å². The maximum Gasteiger partial charge on any atom is 0.253 e. The number of carbonyl (C=O) groups is 1. The Hall–Kier alpha value is -3.25. The number of hydrogen-bond donors (Lipinski definition) is 2. The minimum Gasteiger partial charge on any atom is -0.368 e. The molecular formula is C23H24N4O2. The van der Waals surface area contributed by atoms with Gasteiger partial charge in [0.25, 0.3) is 5.91 Å². The van der Waals surface area contributed by atoms with Gasteiger partial charge in [-0.1, -0.05) is 42.5 Å². The van der Waals surface area contributed by atoms with E-state index in [0.29, 0.717) is 19.6 Å². The zero-order chi connectivity index (χ0) is 19.9. The number of benzene rings is 2. The van der Waals surface area contributed by atoms with Crippen molar-refractivity contribution in [3.63, 3.8) is 0 Å². The summed E-state index contributed by atoms with van der Waals surface area (Å²) in [5.41, 5.74) is 3.01. The molecule has 2 aromatic carbocycles. The third-order valence-electron chi connectivity index (χ3n) is 4.80. The summed E-state index contributed by atoms with van der Waals surface area (Å²) in [5, 5.41) is 6.28. The highest BCUT2D eigenvalue weighted by Gasteiger charge is 2.23. The molecule has 29 heavy (non-hydrogen) atoms. The Kier molecular flexibility index (Phi) is 6.12. The molecule has 1 amide bonds. The number of anilines is 2. The van der Waals surface area contributed by atoms with E-state index in [-0.39, 0.29) is 12.0 Å². The average Bonchev–Trinajstić information content (AvgIpc) is 3.29. The molecule has 6 heteroatoms. The van der Waals surface area contributed by atoms with E-state index in [1.165, 1.54) is 5.56 Å². The maximum atomic E-state index is 12.2. The van der Waals surface area contributed by atoms with Crippen molar-refractivity contribution < 1.29 is 9.53 Å². The van der Waals surface area contributed by atoms with Gasteiger partial charge in [-0.05, 0) is 42.2 Å². The molecule has 0 aliphatic carbocycles. The lowest BCUT2D eigenvalue weighted by Gasteiger charge is -2.12. The van der Waals surface area contributed by atoms with Gasteiger partial charge in [-0.25, -0.2) is 9.97 Å². The zero-order valence-corrected chi connectivity index (χ0v) is 16.2. The monoisotopic (exact) mass is 388 g/mol. The number of aromatic nitrogens is 2. The second-order valence-corrected chi connectivity index (χ2v) is 7.07. The van der Waals surface area contributed by atoms with Crippen LogP contribution in [0, 0.1) is 0 Å². The topological polar surface area (TPSA) is 76.1 Å². The third-order valence-corrected chi connectivity index (χ3v) is 4.80. The van der Waals surface area contributed by atoms with Crippen molar-refractivity contribution >= 4 is 17.4 Å². The Bertz CT molecular complexity index is 956. The van der Waals surface area contributed by atoms with Crippen LogP contribution in [0.4, 0.5) is 11.5 Å². The van der Waals surface area contributed by atoms with Crippen LogP contribution >= 0.6 is 0 Å². The van der Waals surface area contributed by atoms with Crippen LogP contribution in [-0.2, 0) is 22.5 Å². The normalized spacial score (nSPS) is 15.8. The quantitative estimate of drug-likeness (QED) is 0.644. The molecule has 0 radical (unpaired) electrons. The summed E-state index contributed by atoms with van der Waals surface area (Å²) >= 11 is 0. The fourth-order valence-corrected chi connectivity index (χ4v) is 3.32. The average molecular weight is 388 g/mol. The summed E-state index contributed by atoms with van der Waals surface area (Å²) in [7, 11) is 0. The van der Waals surface area contributed by atoms with Crippen molar-refractivity contribution in [3.05, 3.63) is 83.8 Å². The Balaban J connectivity index is 1.35. The molecule has 2 heterocycles. The summed E-state index contributed by atoms with van der Waals surface area (Å²) in [6.45, 7) is 1.26. The fraction of sp³-hybridized carbons (Fsp3) is 0.261. The minimum absolute atomic E-state index is 0.0750. The SMILES string of the molecule is O=C(Nc1cccc(CNc2ccnc(Cc3ccccc3)n2)c1)C1CCCO1. The molecule has 1 aliphatic rings. The van der Waals surface area contributed by atoms with Crippen molar-refractivity contribution in [2.75, 3.05) is 17.2 Å². The molecule has 1 unspecified atom stereocenters. The Morgan fingerprint density at radius 3 is 2.76 bits per heavy atom. The number of amides is 1. The van der Waals surface area contributed by atoms with E-state index in [1.807, 2.05) is 48.5 Å². The van der Waals surface area contributed by atoms with Gasteiger partial charge in [0.2, 0.25) is 0 Å². The predicted octanol–water partition coefficient (Wildman–Crippen LogP) is 3.80. The number of nitrogens with one attached hydrogen (secondary N) is 2. The first-order valence-corrected chi connectivity index (χ1v) is 9.87. The standard InChI is InChI=1S/C23H24N4O2/c28-23(20-10-5-13-29-20)26-19-9-4-8-18(14-19)16-25-21-11-12-24-22(27-21)15-17-6-2-1-3-7-17/h1-4,6-9,11-12,14,20H,5,10,13,15-16H2,(H,26,28)(H,24,25,27). The molecule has 0 saturated carbocycles. The summed E-state index contributed by atoms with van der Waals surface area (Å²) in [4.78, 5) is 21.2. The first kappa shape index (κ1) is 19.1. The van der Waals surface area contributed by atoms with Crippen LogP contribution in [0.15, 0.2) is 66.9 Å².